The van der Waals surface area contributed by atoms with Crippen molar-refractivity contribution in [3.63, 3.8) is 0 Å². The predicted octanol–water partition coefficient (Wildman–Crippen LogP) is 3.92. The van der Waals surface area contributed by atoms with Crippen LogP contribution in [0.3, 0.4) is 0 Å². The fourth-order valence-electron chi connectivity index (χ4n) is 5.94. The van der Waals surface area contributed by atoms with Gasteiger partial charge in [0, 0.05) is 6.42 Å². The van der Waals surface area contributed by atoms with E-state index < -0.39 is 56.8 Å². The highest BCUT2D eigenvalue weighted by Gasteiger charge is 2.67. The molecule has 0 aliphatic heterocycles. The van der Waals surface area contributed by atoms with Crippen LogP contribution in [0.2, 0.25) is 0 Å². The van der Waals surface area contributed by atoms with E-state index in [0.29, 0.717) is 31.3 Å². The molecule has 176 valence electrons. The van der Waals surface area contributed by atoms with E-state index in [-0.39, 0.29) is 18.1 Å². The Balaban J connectivity index is 1.82. The molecule has 4 fully saturated rings. The first-order valence-electron chi connectivity index (χ1n) is 9.77. The number of hydrogen-bond acceptors (Lipinski definition) is 5. The minimum Gasteiger partial charge on any atom is -0.444 e. The summed E-state index contributed by atoms with van der Waals surface area (Å²) in [6, 6.07) is 0. The highest BCUT2D eigenvalue weighted by Crippen LogP contribution is 2.64. The van der Waals surface area contributed by atoms with Crippen molar-refractivity contribution in [2.75, 3.05) is 0 Å². The zero-order valence-corrected chi connectivity index (χ0v) is 17.4. The van der Waals surface area contributed by atoms with E-state index in [1.54, 1.807) is 6.92 Å². The second-order valence-electron chi connectivity index (χ2n) is 9.27. The standard InChI is InChI=1S/C19H23F5O6S/c1-9(2)13(25)8-17-5-10-3-11(6-17)14(12(4-10)7-17)15(26)30-16(18(20,21)22)19(23,24)31(27,28)29/h10-12,14,16H,1,3-8H2,2H3,(H,27,28,29). The minimum atomic E-state index is -6.49. The third-order valence-electron chi connectivity index (χ3n) is 6.86. The number of rotatable bonds is 7. The number of Topliss-reactive ketones (excluding diaryl/α,β-unsaturated/α-hetero) is 1. The van der Waals surface area contributed by atoms with Crippen molar-refractivity contribution in [2.45, 2.75) is 63.0 Å². The van der Waals surface area contributed by atoms with Gasteiger partial charge in [-0.3, -0.25) is 14.1 Å². The Morgan fingerprint density at radius 2 is 1.65 bits per heavy atom. The smallest absolute Gasteiger partial charge is 0.432 e. The molecule has 1 N–H and O–H groups in total. The lowest BCUT2D eigenvalue weighted by atomic mass is 9.45. The maximum atomic E-state index is 13.8. The van der Waals surface area contributed by atoms with Crippen molar-refractivity contribution >= 4 is 21.9 Å². The van der Waals surface area contributed by atoms with E-state index in [9.17, 15) is 40.0 Å². The summed E-state index contributed by atoms with van der Waals surface area (Å²) in [5.74, 6) is -3.54. The number of allylic oxidation sites excluding steroid dienone is 1. The molecule has 0 saturated heterocycles. The normalized spacial score (nSPS) is 33.8. The molecule has 0 radical (unpaired) electrons. The first-order valence-corrected chi connectivity index (χ1v) is 11.2. The zero-order chi connectivity index (χ0) is 23.6. The second-order valence-corrected chi connectivity index (χ2v) is 10.8. The summed E-state index contributed by atoms with van der Waals surface area (Å²) < 4.78 is 101. The molecule has 0 aromatic rings. The highest BCUT2D eigenvalue weighted by molar-refractivity contribution is 7.86. The number of alkyl halides is 5. The van der Waals surface area contributed by atoms with Crippen molar-refractivity contribution in [3.05, 3.63) is 12.2 Å². The number of ketones is 1. The van der Waals surface area contributed by atoms with E-state index >= 15 is 0 Å². The Hall–Kier alpha value is -1.56. The first kappa shape index (κ1) is 24.1. The molecule has 4 bridgehead atoms. The van der Waals surface area contributed by atoms with E-state index in [2.05, 4.69) is 11.3 Å². The largest absolute Gasteiger partial charge is 0.444 e. The van der Waals surface area contributed by atoms with Crippen LogP contribution in [0.15, 0.2) is 12.2 Å². The highest BCUT2D eigenvalue weighted by atomic mass is 32.2. The van der Waals surface area contributed by atoms with E-state index in [0.717, 1.165) is 6.42 Å². The quantitative estimate of drug-likeness (QED) is 0.260. The molecule has 4 saturated carbocycles. The monoisotopic (exact) mass is 474 g/mol. The number of halogens is 5. The van der Waals surface area contributed by atoms with Crippen LogP contribution in [0.4, 0.5) is 22.0 Å². The molecular weight excluding hydrogens is 451 g/mol. The molecule has 4 aliphatic rings. The third-order valence-corrected chi connectivity index (χ3v) is 7.77. The summed E-state index contributed by atoms with van der Waals surface area (Å²) in [6.07, 6.45) is -7.58. The Morgan fingerprint density at radius 3 is 2.06 bits per heavy atom. The van der Waals surface area contributed by atoms with Crippen LogP contribution in [-0.2, 0) is 24.4 Å². The SMILES string of the molecule is C=C(C)C(=O)CC12CC3CC(C1)C(C(=O)OC(C(F)(F)F)C(F)(F)S(=O)(=O)O)C(C3)C2. The van der Waals surface area contributed by atoms with Crippen LogP contribution in [0.5, 0.6) is 0 Å². The van der Waals surface area contributed by atoms with Crippen molar-refractivity contribution in [1.82, 2.24) is 0 Å². The molecule has 3 unspecified atom stereocenters. The Labute approximate surface area is 175 Å². The molecule has 31 heavy (non-hydrogen) atoms. The van der Waals surface area contributed by atoms with Crippen molar-refractivity contribution in [1.29, 1.82) is 0 Å². The van der Waals surface area contributed by atoms with E-state index in [4.69, 9.17) is 4.55 Å². The fraction of sp³-hybridized carbons (Fsp3) is 0.789. The summed E-state index contributed by atoms with van der Waals surface area (Å²) in [7, 11) is -6.49. The summed E-state index contributed by atoms with van der Waals surface area (Å²) in [4.78, 5) is 24.8. The van der Waals surface area contributed by atoms with E-state index in [1.165, 1.54) is 0 Å². The molecule has 0 spiro atoms. The summed E-state index contributed by atoms with van der Waals surface area (Å²) in [5.41, 5.74) is -0.0300. The van der Waals surface area contributed by atoms with Gasteiger partial charge in [-0.25, -0.2) is 0 Å². The zero-order valence-electron chi connectivity index (χ0n) is 16.6. The topological polar surface area (TPSA) is 97.7 Å². The van der Waals surface area contributed by atoms with Gasteiger partial charge in [0.25, 0.3) is 6.10 Å². The van der Waals surface area contributed by atoms with Gasteiger partial charge >= 0.3 is 27.5 Å². The predicted molar refractivity (Wildman–Crippen MR) is 96.3 cm³/mol. The van der Waals surface area contributed by atoms with Gasteiger partial charge in [0.2, 0.25) is 0 Å². The van der Waals surface area contributed by atoms with Gasteiger partial charge in [0.05, 0.1) is 5.92 Å². The molecule has 6 nitrogen and oxygen atoms in total. The average molecular weight is 474 g/mol. The van der Waals surface area contributed by atoms with Gasteiger partial charge in [-0.15, -0.1) is 0 Å². The summed E-state index contributed by atoms with van der Waals surface area (Å²) in [6.45, 7) is 5.20. The lowest BCUT2D eigenvalue weighted by Gasteiger charge is -2.59. The minimum absolute atomic E-state index is 0.133. The molecule has 3 atom stereocenters. The van der Waals surface area contributed by atoms with Crippen molar-refractivity contribution in [2.24, 2.45) is 29.1 Å². The number of carbonyl (C=O) groups is 2. The lowest BCUT2D eigenvalue weighted by Crippen LogP contribution is -2.57. The van der Waals surface area contributed by atoms with Gasteiger partial charge in [0.1, 0.15) is 0 Å². The van der Waals surface area contributed by atoms with Gasteiger partial charge in [0.15, 0.2) is 5.78 Å². The number of esters is 1. The fourth-order valence-corrected chi connectivity index (χ4v) is 6.39. The molecule has 0 heterocycles. The van der Waals surface area contributed by atoms with Crippen molar-refractivity contribution in [3.8, 4) is 0 Å². The van der Waals surface area contributed by atoms with Crippen LogP contribution >= 0.6 is 0 Å². The molecule has 0 aromatic heterocycles. The number of ether oxygens (including phenoxy) is 1. The summed E-state index contributed by atoms with van der Waals surface area (Å²) in [5, 5.41) is -5.75. The maximum absolute atomic E-state index is 13.8. The second kappa shape index (κ2) is 7.50. The molecule has 4 rings (SSSR count). The lowest BCUT2D eigenvalue weighted by molar-refractivity contribution is -0.264. The molecule has 0 amide bonds. The van der Waals surface area contributed by atoms with Gasteiger partial charge in [-0.05, 0) is 67.8 Å². The van der Waals surface area contributed by atoms with Gasteiger partial charge in [-0.2, -0.15) is 30.4 Å². The van der Waals surface area contributed by atoms with Crippen LogP contribution in [-0.4, -0.2) is 42.3 Å². The van der Waals surface area contributed by atoms with Crippen molar-refractivity contribution < 1.29 is 49.2 Å². The average Bonchev–Trinajstić information content (AvgIpc) is 2.56. The van der Waals surface area contributed by atoms with Gasteiger partial charge < -0.3 is 4.74 Å². The maximum Gasteiger partial charge on any atom is 0.432 e. The molecule has 4 aliphatic carbocycles. The number of hydrogen-bond donors (Lipinski definition) is 1. The number of carbonyl (C=O) groups excluding carboxylic acids is 2. The Kier molecular flexibility index (Phi) is 5.83. The molecule has 0 aromatic carbocycles. The Morgan fingerprint density at radius 1 is 1.13 bits per heavy atom. The first-order chi connectivity index (χ1) is 14.0. The summed E-state index contributed by atoms with van der Waals surface area (Å²) >= 11 is 0. The molecule has 12 heteroatoms. The van der Waals surface area contributed by atoms with Crippen LogP contribution < -0.4 is 0 Å². The van der Waals surface area contributed by atoms with Crippen LogP contribution in [0, 0.1) is 29.1 Å². The van der Waals surface area contributed by atoms with Crippen LogP contribution in [0.25, 0.3) is 0 Å². The van der Waals surface area contributed by atoms with E-state index in [1.807, 2.05) is 0 Å². The Bertz CT molecular complexity index is 880. The molecular formula is C19H23F5O6S. The third kappa shape index (κ3) is 4.37. The van der Waals surface area contributed by atoms with Crippen LogP contribution in [0.1, 0.15) is 45.4 Å². The van der Waals surface area contributed by atoms with Gasteiger partial charge in [-0.1, -0.05) is 6.58 Å².